The smallest absolute Gasteiger partial charge is 0.351 e. The van der Waals surface area contributed by atoms with Crippen molar-refractivity contribution in [2.75, 3.05) is 53.5 Å². The fourth-order valence-corrected chi connectivity index (χ4v) is 4.03. The number of ether oxygens (including phenoxy) is 2. The van der Waals surface area contributed by atoms with Crippen LogP contribution >= 0.6 is 0 Å². The van der Waals surface area contributed by atoms with Gasteiger partial charge in [0.2, 0.25) is 5.88 Å². The summed E-state index contributed by atoms with van der Waals surface area (Å²) >= 11 is 0. The van der Waals surface area contributed by atoms with Gasteiger partial charge in [0.1, 0.15) is 11.5 Å². The first kappa shape index (κ1) is 21.5. The number of aromatic hydroxyl groups is 1. The molecule has 0 unspecified atom stereocenters. The summed E-state index contributed by atoms with van der Waals surface area (Å²) in [5.41, 5.74) is 1.20. The van der Waals surface area contributed by atoms with Gasteiger partial charge in [0.15, 0.2) is 0 Å². The van der Waals surface area contributed by atoms with Crippen LogP contribution in [0.2, 0.25) is 0 Å². The molecule has 9 nitrogen and oxygen atoms in total. The van der Waals surface area contributed by atoms with Gasteiger partial charge in [-0.2, -0.15) is 9.78 Å². The molecule has 9 heteroatoms. The van der Waals surface area contributed by atoms with Crippen LogP contribution < -0.4 is 15.2 Å². The van der Waals surface area contributed by atoms with E-state index < -0.39 is 0 Å². The maximum absolute atomic E-state index is 12.8. The summed E-state index contributed by atoms with van der Waals surface area (Å²) in [6.07, 6.45) is 3.77. The standard InChI is InChI=1S/C22H31N5O4/c1-24-10-12-25(13-11-24)8-3-4-9-26-21(28)16-27(22(26)29)23-19-7-14-31-20-6-5-17(30-2)15-18(19)20/h5-6,15-16,28H,3-4,7-14H2,1-2H3/b23-19+. The van der Waals surface area contributed by atoms with Crippen LogP contribution in [0.3, 0.4) is 0 Å². The topological polar surface area (TPSA) is 84.5 Å². The van der Waals surface area contributed by atoms with E-state index in [2.05, 4.69) is 21.9 Å². The number of piperazine rings is 1. The summed E-state index contributed by atoms with van der Waals surface area (Å²) < 4.78 is 13.6. The van der Waals surface area contributed by atoms with E-state index >= 15 is 0 Å². The fourth-order valence-electron chi connectivity index (χ4n) is 4.03. The van der Waals surface area contributed by atoms with Crippen LogP contribution in [0.1, 0.15) is 24.8 Å². The molecule has 2 aliphatic rings. The Kier molecular flexibility index (Phi) is 6.62. The summed E-state index contributed by atoms with van der Waals surface area (Å²) in [6.45, 7) is 6.37. The van der Waals surface area contributed by atoms with Gasteiger partial charge in [0.05, 0.1) is 25.6 Å². The molecule has 0 atom stereocenters. The second kappa shape index (κ2) is 9.57. The number of benzene rings is 1. The Balaban J connectivity index is 1.42. The molecule has 2 aromatic rings. The predicted octanol–water partition coefficient (Wildman–Crippen LogP) is 1.43. The van der Waals surface area contributed by atoms with Crippen molar-refractivity contribution in [3.05, 3.63) is 40.4 Å². The molecule has 0 spiro atoms. The van der Waals surface area contributed by atoms with Gasteiger partial charge in [-0.1, -0.05) is 0 Å². The van der Waals surface area contributed by atoms with Gasteiger partial charge >= 0.3 is 5.69 Å². The zero-order chi connectivity index (χ0) is 21.8. The first-order valence-corrected chi connectivity index (χ1v) is 10.9. The van der Waals surface area contributed by atoms with E-state index in [1.165, 1.54) is 15.4 Å². The lowest BCUT2D eigenvalue weighted by molar-refractivity contribution is 0.151. The van der Waals surface area contributed by atoms with Crippen LogP contribution in [0.15, 0.2) is 34.3 Å². The fraction of sp³-hybridized carbons (Fsp3) is 0.545. The normalized spacial score (nSPS) is 18.7. The predicted molar refractivity (Wildman–Crippen MR) is 119 cm³/mol. The lowest BCUT2D eigenvalue weighted by atomic mass is 10.0. The van der Waals surface area contributed by atoms with Crippen LogP contribution in [0.4, 0.5) is 0 Å². The zero-order valence-electron chi connectivity index (χ0n) is 18.3. The number of fused-ring (bicyclic) bond motifs is 1. The van der Waals surface area contributed by atoms with Crippen molar-refractivity contribution < 1.29 is 14.6 Å². The Morgan fingerprint density at radius 2 is 1.94 bits per heavy atom. The van der Waals surface area contributed by atoms with E-state index in [0.717, 1.165) is 56.8 Å². The molecule has 0 aliphatic carbocycles. The molecule has 31 heavy (non-hydrogen) atoms. The van der Waals surface area contributed by atoms with Crippen molar-refractivity contribution in [3.8, 4) is 17.4 Å². The molecule has 0 amide bonds. The molecule has 0 bridgehead atoms. The molecule has 4 rings (SSSR count). The summed E-state index contributed by atoms with van der Waals surface area (Å²) in [5, 5.41) is 14.8. The molecule has 1 aromatic carbocycles. The Bertz CT molecular complexity index is 988. The van der Waals surface area contributed by atoms with Gasteiger partial charge < -0.3 is 24.4 Å². The maximum Gasteiger partial charge on any atom is 0.351 e. The number of hydrogen-bond donors (Lipinski definition) is 1. The summed E-state index contributed by atoms with van der Waals surface area (Å²) in [5.74, 6) is 1.35. The maximum atomic E-state index is 12.8. The van der Waals surface area contributed by atoms with Gasteiger partial charge in [-0.3, -0.25) is 4.57 Å². The molecule has 3 heterocycles. The first-order chi connectivity index (χ1) is 15.0. The second-order valence-corrected chi connectivity index (χ2v) is 8.13. The van der Waals surface area contributed by atoms with Gasteiger partial charge in [0, 0.05) is 44.7 Å². The van der Waals surface area contributed by atoms with E-state index in [9.17, 15) is 9.90 Å². The molecular formula is C22H31N5O4. The number of unbranched alkanes of at least 4 members (excludes halogenated alkanes) is 1. The lowest BCUT2D eigenvalue weighted by Crippen LogP contribution is -2.44. The van der Waals surface area contributed by atoms with Crippen molar-refractivity contribution in [1.82, 2.24) is 19.0 Å². The number of methoxy groups -OCH3 is 1. The second-order valence-electron chi connectivity index (χ2n) is 8.13. The van der Waals surface area contributed by atoms with E-state index in [0.29, 0.717) is 31.1 Å². The minimum Gasteiger partial charge on any atom is -0.497 e. The molecule has 0 saturated carbocycles. The highest BCUT2D eigenvalue weighted by atomic mass is 16.5. The van der Waals surface area contributed by atoms with E-state index in [1.807, 2.05) is 18.2 Å². The Hall–Kier alpha value is -2.78. The lowest BCUT2D eigenvalue weighted by Gasteiger charge is -2.32. The number of imidazole rings is 1. The molecule has 168 valence electrons. The minimum atomic E-state index is -0.333. The van der Waals surface area contributed by atoms with Crippen molar-refractivity contribution in [3.63, 3.8) is 0 Å². The largest absolute Gasteiger partial charge is 0.497 e. The molecule has 0 radical (unpaired) electrons. The van der Waals surface area contributed by atoms with Crippen molar-refractivity contribution in [2.45, 2.75) is 25.8 Å². The van der Waals surface area contributed by atoms with Crippen molar-refractivity contribution in [2.24, 2.45) is 5.10 Å². The highest BCUT2D eigenvalue weighted by Gasteiger charge is 2.19. The molecule has 1 N–H and O–H groups in total. The summed E-state index contributed by atoms with van der Waals surface area (Å²) in [6, 6.07) is 5.53. The van der Waals surface area contributed by atoms with Crippen LogP contribution in [0.5, 0.6) is 17.4 Å². The molecule has 2 aliphatic heterocycles. The monoisotopic (exact) mass is 429 g/mol. The summed E-state index contributed by atoms with van der Waals surface area (Å²) in [4.78, 5) is 17.6. The quantitative estimate of drug-likeness (QED) is 0.671. The van der Waals surface area contributed by atoms with Gasteiger partial charge in [-0.25, -0.2) is 4.79 Å². The number of nitrogens with zero attached hydrogens (tertiary/aromatic N) is 5. The van der Waals surface area contributed by atoms with Crippen LogP contribution in [-0.2, 0) is 6.54 Å². The highest BCUT2D eigenvalue weighted by molar-refractivity contribution is 6.04. The third-order valence-corrected chi connectivity index (χ3v) is 5.97. The van der Waals surface area contributed by atoms with Crippen LogP contribution in [-0.4, -0.2) is 83.3 Å². The molecule has 1 saturated heterocycles. The van der Waals surface area contributed by atoms with Gasteiger partial charge in [-0.05, 0) is 44.6 Å². The number of rotatable bonds is 7. The number of hydrogen-bond acceptors (Lipinski definition) is 7. The molecule has 1 fully saturated rings. The highest BCUT2D eigenvalue weighted by Crippen LogP contribution is 2.29. The Labute approximate surface area is 182 Å². The number of likely N-dealkylation sites (N-methyl/N-ethyl adjacent to an activating group) is 1. The van der Waals surface area contributed by atoms with Crippen LogP contribution in [0.25, 0.3) is 0 Å². The third-order valence-electron chi connectivity index (χ3n) is 5.97. The van der Waals surface area contributed by atoms with E-state index in [1.54, 1.807) is 7.11 Å². The van der Waals surface area contributed by atoms with E-state index in [4.69, 9.17) is 9.47 Å². The Morgan fingerprint density at radius 3 is 2.71 bits per heavy atom. The minimum absolute atomic E-state index is 0.0631. The third kappa shape index (κ3) is 4.94. The SMILES string of the molecule is COc1ccc2c(c1)/C(=N/n1cc(O)n(CCCCN3CCN(C)CC3)c1=O)CCO2. The average Bonchev–Trinajstić information content (AvgIpc) is 3.05. The number of aromatic nitrogens is 2. The Morgan fingerprint density at radius 1 is 1.16 bits per heavy atom. The van der Waals surface area contributed by atoms with Crippen molar-refractivity contribution >= 4 is 5.71 Å². The average molecular weight is 430 g/mol. The molecule has 1 aromatic heterocycles. The van der Waals surface area contributed by atoms with Crippen LogP contribution in [0, 0.1) is 0 Å². The summed E-state index contributed by atoms with van der Waals surface area (Å²) in [7, 11) is 3.75. The molecular weight excluding hydrogens is 398 g/mol. The van der Waals surface area contributed by atoms with Gasteiger partial charge in [-0.15, -0.1) is 0 Å². The first-order valence-electron chi connectivity index (χ1n) is 10.9. The van der Waals surface area contributed by atoms with Gasteiger partial charge in [0.25, 0.3) is 0 Å². The van der Waals surface area contributed by atoms with E-state index in [-0.39, 0.29) is 11.6 Å². The van der Waals surface area contributed by atoms with Crippen molar-refractivity contribution in [1.29, 1.82) is 0 Å². The zero-order valence-corrected chi connectivity index (χ0v) is 18.3.